The number of nitrogens with zero attached hydrogens (tertiary/aromatic N) is 1. The van der Waals surface area contributed by atoms with E-state index in [0.29, 0.717) is 0 Å². The summed E-state index contributed by atoms with van der Waals surface area (Å²) in [6.07, 6.45) is 0.433. The summed E-state index contributed by atoms with van der Waals surface area (Å²) in [6, 6.07) is 3.64. The Hall–Kier alpha value is -1.29. The molecule has 0 aromatic carbocycles. The lowest BCUT2D eigenvalue weighted by Crippen LogP contribution is -2.41. The summed E-state index contributed by atoms with van der Waals surface area (Å²) >= 11 is 0. The molecule has 1 aromatic heterocycles. The number of carboxylic acids is 1. The number of rotatable bonds is 3. The smallest absolute Gasteiger partial charge is 0.333 e. The zero-order chi connectivity index (χ0) is 10.9. The SMILES string of the molecule is Cn1cccc1C(C)(C)C(O)C(=O)O. The van der Waals surface area contributed by atoms with Crippen molar-refractivity contribution in [2.75, 3.05) is 0 Å². The van der Waals surface area contributed by atoms with E-state index >= 15 is 0 Å². The summed E-state index contributed by atoms with van der Waals surface area (Å²) in [7, 11) is 1.83. The van der Waals surface area contributed by atoms with Crippen molar-refractivity contribution in [3.63, 3.8) is 0 Å². The minimum Gasteiger partial charge on any atom is -0.479 e. The van der Waals surface area contributed by atoms with Crippen molar-refractivity contribution < 1.29 is 15.0 Å². The summed E-state index contributed by atoms with van der Waals surface area (Å²) in [6.45, 7) is 3.42. The van der Waals surface area contributed by atoms with Gasteiger partial charge in [0, 0.05) is 24.4 Å². The fraction of sp³-hybridized carbons (Fsp3) is 0.500. The molecule has 2 N–H and O–H groups in total. The summed E-state index contributed by atoms with van der Waals surface area (Å²) in [5.41, 5.74) is 0.0109. The van der Waals surface area contributed by atoms with Gasteiger partial charge >= 0.3 is 5.97 Å². The largest absolute Gasteiger partial charge is 0.479 e. The number of hydrogen-bond acceptors (Lipinski definition) is 2. The molecule has 0 amide bonds. The molecule has 4 nitrogen and oxygen atoms in total. The molecule has 1 unspecified atom stereocenters. The highest BCUT2D eigenvalue weighted by molar-refractivity contribution is 5.74. The van der Waals surface area contributed by atoms with Crippen LogP contribution >= 0.6 is 0 Å². The minimum atomic E-state index is -1.39. The molecule has 0 fully saturated rings. The van der Waals surface area contributed by atoms with Gasteiger partial charge in [-0.15, -0.1) is 0 Å². The molecule has 0 spiro atoms. The first-order valence-corrected chi connectivity index (χ1v) is 4.40. The second-order valence-corrected chi connectivity index (χ2v) is 3.97. The Kier molecular flexibility index (Phi) is 2.66. The molecule has 14 heavy (non-hydrogen) atoms. The maximum Gasteiger partial charge on any atom is 0.333 e. The van der Waals surface area contributed by atoms with Crippen LogP contribution in [0.5, 0.6) is 0 Å². The van der Waals surface area contributed by atoms with Crippen LogP contribution < -0.4 is 0 Å². The van der Waals surface area contributed by atoms with Gasteiger partial charge in [0.25, 0.3) is 0 Å². The number of aliphatic hydroxyl groups is 1. The van der Waals surface area contributed by atoms with Crippen LogP contribution in [0.25, 0.3) is 0 Å². The molecule has 1 aromatic rings. The molecule has 4 heteroatoms. The summed E-state index contributed by atoms with van der Waals surface area (Å²) < 4.78 is 1.81. The van der Waals surface area contributed by atoms with Crippen molar-refractivity contribution in [3.05, 3.63) is 24.0 Å². The Morgan fingerprint density at radius 1 is 1.57 bits per heavy atom. The van der Waals surface area contributed by atoms with Crippen LogP contribution in [-0.2, 0) is 17.3 Å². The average Bonchev–Trinajstić information content (AvgIpc) is 2.50. The highest BCUT2D eigenvalue weighted by Crippen LogP contribution is 2.27. The third-order valence-electron chi connectivity index (χ3n) is 2.52. The van der Waals surface area contributed by atoms with Crippen molar-refractivity contribution >= 4 is 5.97 Å². The first-order chi connectivity index (χ1) is 6.37. The second kappa shape index (κ2) is 3.46. The summed E-state index contributed by atoms with van der Waals surface area (Å²) in [5, 5.41) is 18.3. The predicted octanol–water partition coefficient (Wildman–Crippen LogP) is 0.748. The van der Waals surface area contributed by atoms with Crippen molar-refractivity contribution in [2.24, 2.45) is 7.05 Å². The quantitative estimate of drug-likeness (QED) is 0.751. The molecule has 0 aliphatic rings. The fourth-order valence-corrected chi connectivity index (χ4v) is 1.58. The zero-order valence-corrected chi connectivity index (χ0v) is 8.56. The summed E-state index contributed by atoms with van der Waals surface area (Å²) in [4.78, 5) is 10.7. The maximum atomic E-state index is 10.7. The Balaban J connectivity index is 3.07. The number of aliphatic hydroxyl groups excluding tert-OH is 1. The normalized spacial score (nSPS) is 14.0. The molecule has 1 heterocycles. The van der Waals surface area contributed by atoms with E-state index in [2.05, 4.69) is 0 Å². The van der Waals surface area contributed by atoms with Crippen LogP contribution in [0.2, 0.25) is 0 Å². The van der Waals surface area contributed by atoms with Gasteiger partial charge in [-0.2, -0.15) is 0 Å². The van der Waals surface area contributed by atoms with Gasteiger partial charge in [0.2, 0.25) is 0 Å². The Labute approximate surface area is 82.8 Å². The molecule has 78 valence electrons. The molecular formula is C10H15NO3. The van der Waals surface area contributed by atoms with Gasteiger partial charge in [-0.3, -0.25) is 0 Å². The highest BCUT2D eigenvalue weighted by atomic mass is 16.4. The van der Waals surface area contributed by atoms with E-state index in [4.69, 9.17) is 5.11 Å². The first kappa shape index (κ1) is 10.8. The van der Waals surface area contributed by atoms with E-state index in [0.717, 1.165) is 5.69 Å². The molecule has 1 rings (SSSR count). The van der Waals surface area contributed by atoms with Crippen molar-refractivity contribution in [3.8, 4) is 0 Å². The lowest BCUT2D eigenvalue weighted by atomic mass is 9.83. The number of carbonyl (C=O) groups is 1. The standard InChI is InChI=1S/C10H15NO3/c1-10(2,8(12)9(13)14)7-5-4-6-11(7)3/h4-6,8,12H,1-3H3,(H,13,14). The molecule has 0 bridgehead atoms. The fourth-order valence-electron chi connectivity index (χ4n) is 1.58. The monoisotopic (exact) mass is 197 g/mol. The third kappa shape index (κ3) is 1.65. The van der Waals surface area contributed by atoms with Gasteiger partial charge in [-0.05, 0) is 12.1 Å². The predicted molar refractivity (Wildman–Crippen MR) is 52.1 cm³/mol. The van der Waals surface area contributed by atoms with Crippen molar-refractivity contribution in [1.82, 2.24) is 4.57 Å². The molecule has 0 saturated carbocycles. The van der Waals surface area contributed by atoms with Crippen LogP contribution in [0.4, 0.5) is 0 Å². The topological polar surface area (TPSA) is 62.5 Å². The van der Waals surface area contributed by atoms with Gasteiger partial charge < -0.3 is 14.8 Å². The van der Waals surface area contributed by atoms with Gasteiger partial charge in [-0.25, -0.2) is 4.79 Å². The lowest BCUT2D eigenvalue weighted by Gasteiger charge is -2.28. The Bertz CT molecular complexity index is 341. The van der Waals surface area contributed by atoms with E-state index < -0.39 is 17.5 Å². The number of aryl methyl sites for hydroxylation is 1. The number of hydrogen-bond donors (Lipinski definition) is 2. The van der Waals surface area contributed by atoms with Gasteiger partial charge in [0.05, 0.1) is 0 Å². The molecule has 0 aliphatic carbocycles. The van der Waals surface area contributed by atoms with Crippen molar-refractivity contribution in [2.45, 2.75) is 25.4 Å². The number of aliphatic carboxylic acids is 1. The Morgan fingerprint density at radius 2 is 2.14 bits per heavy atom. The number of aromatic nitrogens is 1. The first-order valence-electron chi connectivity index (χ1n) is 4.40. The maximum absolute atomic E-state index is 10.7. The second-order valence-electron chi connectivity index (χ2n) is 3.97. The molecule has 0 saturated heterocycles. The van der Waals surface area contributed by atoms with Crippen LogP contribution in [0.1, 0.15) is 19.5 Å². The highest BCUT2D eigenvalue weighted by Gasteiger charge is 2.36. The summed E-state index contributed by atoms with van der Waals surface area (Å²) in [5.74, 6) is -1.20. The molecule has 0 aliphatic heterocycles. The van der Waals surface area contributed by atoms with E-state index in [-0.39, 0.29) is 0 Å². The van der Waals surface area contributed by atoms with Crippen LogP contribution in [-0.4, -0.2) is 26.9 Å². The van der Waals surface area contributed by atoms with E-state index in [1.807, 2.05) is 29.9 Å². The Morgan fingerprint density at radius 3 is 2.50 bits per heavy atom. The minimum absolute atomic E-state index is 0.788. The van der Waals surface area contributed by atoms with Gasteiger partial charge in [-0.1, -0.05) is 13.8 Å². The molecular weight excluding hydrogens is 182 g/mol. The van der Waals surface area contributed by atoms with Crippen LogP contribution in [0, 0.1) is 0 Å². The van der Waals surface area contributed by atoms with Crippen LogP contribution in [0.15, 0.2) is 18.3 Å². The zero-order valence-electron chi connectivity index (χ0n) is 8.56. The lowest BCUT2D eigenvalue weighted by molar-refractivity contribution is -0.150. The average molecular weight is 197 g/mol. The van der Waals surface area contributed by atoms with Crippen molar-refractivity contribution in [1.29, 1.82) is 0 Å². The van der Waals surface area contributed by atoms with Crippen LogP contribution in [0.3, 0.4) is 0 Å². The van der Waals surface area contributed by atoms with Gasteiger partial charge in [0.1, 0.15) is 0 Å². The molecule has 0 radical (unpaired) electrons. The van der Waals surface area contributed by atoms with E-state index in [1.165, 1.54) is 0 Å². The molecule has 1 atom stereocenters. The third-order valence-corrected chi connectivity index (χ3v) is 2.52. The van der Waals surface area contributed by atoms with E-state index in [9.17, 15) is 9.90 Å². The van der Waals surface area contributed by atoms with Gasteiger partial charge in [0.15, 0.2) is 6.10 Å². The van der Waals surface area contributed by atoms with E-state index in [1.54, 1.807) is 13.8 Å². The number of carboxylic acid groups (broad SMARTS) is 1.